The summed E-state index contributed by atoms with van der Waals surface area (Å²) in [6.45, 7) is 2.71. The smallest absolute Gasteiger partial charge is 0.186 e. The Labute approximate surface area is 158 Å². The van der Waals surface area contributed by atoms with E-state index in [0.29, 0.717) is 31.3 Å². The van der Waals surface area contributed by atoms with Crippen LogP contribution in [0.5, 0.6) is 0 Å². The van der Waals surface area contributed by atoms with Gasteiger partial charge in [0.1, 0.15) is 36.5 Å². The van der Waals surface area contributed by atoms with Crippen LogP contribution in [0.15, 0.2) is 11.1 Å². The van der Waals surface area contributed by atoms with Crippen molar-refractivity contribution in [3.63, 3.8) is 0 Å². The zero-order valence-corrected chi connectivity index (χ0v) is 15.8. The van der Waals surface area contributed by atoms with Crippen molar-refractivity contribution in [3.05, 3.63) is 11.1 Å². The van der Waals surface area contributed by atoms with Gasteiger partial charge in [-0.1, -0.05) is 5.57 Å². The number of aliphatic hydroxyl groups is 4. The molecule has 8 nitrogen and oxygen atoms in total. The van der Waals surface area contributed by atoms with Crippen LogP contribution in [0.25, 0.3) is 0 Å². The highest BCUT2D eigenvalue weighted by molar-refractivity contribution is 5.79. The van der Waals surface area contributed by atoms with Gasteiger partial charge in [-0.05, 0) is 51.5 Å². The summed E-state index contributed by atoms with van der Waals surface area (Å²) in [6, 6.07) is 0. The summed E-state index contributed by atoms with van der Waals surface area (Å²) in [5.74, 6) is -0.498. The van der Waals surface area contributed by atoms with Crippen molar-refractivity contribution in [3.8, 4) is 0 Å². The van der Waals surface area contributed by atoms with Crippen LogP contribution in [-0.2, 0) is 19.1 Å². The molecule has 154 valence electrons. The Hall–Kier alpha value is -1.16. The van der Waals surface area contributed by atoms with Gasteiger partial charge in [-0.15, -0.1) is 0 Å². The molecule has 2 rings (SSSR count). The molecular formula is C19H30O8. The van der Waals surface area contributed by atoms with Crippen molar-refractivity contribution in [2.75, 3.05) is 6.61 Å². The molecule has 4 N–H and O–H groups in total. The second-order valence-corrected chi connectivity index (χ2v) is 7.42. The van der Waals surface area contributed by atoms with Crippen LogP contribution in [0.2, 0.25) is 0 Å². The summed E-state index contributed by atoms with van der Waals surface area (Å²) in [7, 11) is 0. The van der Waals surface area contributed by atoms with E-state index in [1.54, 1.807) is 6.92 Å². The topological polar surface area (TPSA) is 134 Å². The molecule has 1 aliphatic carbocycles. The molecule has 1 aliphatic heterocycles. The number of aliphatic hydroxyl groups excluding tert-OH is 4. The molecule has 1 heterocycles. The maximum absolute atomic E-state index is 12.2. The lowest BCUT2D eigenvalue weighted by Gasteiger charge is -2.42. The summed E-state index contributed by atoms with van der Waals surface area (Å²) >= 11 is 0. The summed E-state index contributed by atoms with van der Waals surface area (Å²) in [5, 5.41) is 39.3. The number of hydrogen-bond donors (Lipinski definition) is 4. The third-order valence-electron chi connectivity index (χ3n) is 5.59. The first kappa shape index (κ1) is 22.1. The number of carbonyl (C=O) groups excluding carboxylic acids is 2. The highest BCUT2D eigenvalue weighted by Crippen LogP contribution is 2.32. The van der Waals surface area contributed by atoms with Crippen LogP contribution in [0.1, 0.15) is 46.0 Å². The van der Waals surface area contributed by atoms with Crippen molar-refractivity contribution >= 4 is 12.1 Å². The second-order valence-electron chi connectivity index (χ2n) is 7.42. The quantitative estimate of drug-likeness (QED) is 0.379. The lowest BCUT2D eigenvalue weighted by atomic mass is 9.83. The first-order chi connectivity index (χ1) is 12.8. The lowest BCUT2D eigenvalue weighted by Crippen LogP contribution is -2.60. The number of Topliss-reactive ketones (excluding diaryl/α,β-unsaturated/α-hetero) is 1. The fourth-order valence-electron chi connectivity index (χ4n) is 3.82. The molecule has 0 bridgehead atoms. The number of hydrogen-bond acceptors (Lipinski definition) is 8. The van der Waals surface area contributed by atoms with Gasteiger partial charge < -0.3 is 29.9 Å². The predicted molar refractivity (Wildman–Crippen MR) is 94.7 cm³/mol. The van der Waals surface area contributed by atoms with Gasteiger partial charge in [0.15, 0.2) is 6.29 Å². The highest BCUT2D eigenvalue weighted by atomic mass is 16.7. The third-order valence-corrected chi connectivity index (χ3v) is 5.59. The van der Waals surface area contributed by atoms with Crippen LogP contribution in [-0.4, -0.2) is 75.9 Å². The molecule has 7 unspecified atom stereocenters. The van der Waals surface area contributed by atoms with Gasteiger partial charge >= 0.3 is 0 Å². The van der Waals surface area contributed by atoms with Crippen molar-refractivity contribution in [1.29, 1.82) is 0 Å². The molecule has 0 amide bonds. The molecule has 0 aromatic heterocycles. The van der Waals surface area contributed by atoms with Crippen LogP contribution < -0.4 is 0 Å². The van der Waals surface area contributed by atoms with Crippen molar-refractivity contribution < 1.29 is 39.5 Å². The van der Waals surface area contributed by atoms with Crippen LogP contribution in [0.4, 0.5) is 0 Å². The Bertz CT molecular complexity index is 558. The van der Waals surface area contributed by atoms with Crippen LogP contribution in [0, 0.1) is 5.92 Å². The molecule has 2 aliphatic rings. The van der Waals surface area contributed by atoms with Crippen molar-refractivity contribution in [1.82, 2.24) is 0 Å². The molecule has 27 heavy (non-hydrogen) atoms. The van der Waals surface area contributed by atoms with Gasteiger partial charge in [0.2, 0.25) is 0 Å². The first-order valence-electron chi connectivity index (χ1n) is 9.40. The molecule has 1 saturated heterocycles. The predicted octanol–water partition coefficient (Wildman–Crippen LogP) is -0.144. The molecule has 0 radical (unpaired) electrons. The molecule has 1 saturated carbocycles. The van der Waals surface area contributed by atoms with Crippen molar-refractivity contribution in [2.24, 2.45) is 5.92 Å². The Morgan fingerprint density at radius 2 is 1.85 bits per heavy atom. The van der Waals surface area contributed by atoms with E-state index in [4.69, 9.17) is 9.47 Å². The molecule has 2 fully saturated rings. The number of carbonyl (C=O) groups is 2. The Morgan fingerprint density at radius 1 is 1.15 bits per heavy atom. The van der Waals surface area contributed by atoms with Crippen molar-refractivity contribution in [2.45, 2.75) is 82.8 Å². The van der Waals surface area contributed by atoms with Gasteiger partial charge in [0.25, 0.3) is 0 Å². The molecule has 0 spiro atoms. The largest absolute Gasteiger partial charge is 0.394 e. The van der Waals surface area contributed by atoms with E-state index in [0.717, 1.165) is 18.3 Å². The van der Waals surface area contributed by atoms with E-state index in [9.17, 15) is 30.0 Å². The van der Waals surface area contributed by atoms with E-state index in [1.807, 2.05) is 0 Å². The number of allylic oxidation sites excluding steroid dienone is 2. The van der Waals surface area contributed by atoms with Gasteiger partial charge in [0.05, 0.1) is 12.7 Å². The van der Waals surface area contributed by atoms with E-state index in [-0.39, 0.29) is 5.78 Å². The van der Waals surface area contributed by atoms with Gasteiger partial charge in [-0.3, -0.25) is 9.59 Å². The van der Waals surface area contributed by atoms with Crippen LogP contribution in [0.3, 0.4) is 0 Å². The Morgan fingerprint density at radius 3 is 2.44 bits per heavy atom. The van der Waals surface area contributed by atoms with E-state index >= 15 is 0 Å². The summed E-state index contributed by atoms with van der Waals surface area (Å²) in [6.07, 6.45) is -3.38. The van der Waals surface area contributed by atoms with E-state index < -0.39 is 49.3 Å². The van der Waals surface area contributed by atoms with Gasteiger partial charge in [-0.25, -0.2) is 0 Å². The number of ketones is 1. The first-order valence-corrected chi connectivity index (χ1v) is 9.40. The second kappa shape index (κ2) is 9.86. The average Bonchev–Trinajstić information content (AvgIpc) is 2.63. The van der Waals surface area contributed by atoms with Gasteiger partial charge in [-0.2, -0.15) is 0 Å². The van der Waals surface area contributed by atoms with Crippen LogP contribution >= 0.6 is 0 Å². The molecule has 7 atom stereocenters. The Balaban J connectivity index is 2.13. The Kier molecular flexibility index (Phi) is 8.08. The molecular weight excluding hydrogens is 356 g/mol. The fraction of sp³-hybridized carbons (Fsp3) is 0.789. The summed E-state index contributed by atoms with van der Waals surface area (Å²) in [5.41, 5.74) is 1.74. The lowest BCUT2D eigenvalue weighted by molar-refractivity contribution is -0.314. The molecule has 8 heteroatoms. The standard InChI is InChI=1S/C19H30O8/c1-10(8-20)12-4-3-5-14(13(7-6-12)11(2)22)26-19-18(25)17(24)16(23)15(9-21)27-19/h8,13-19,21,23-25H,3-7,9H2,1-2H3. The zero-order chi connectivity index (χ0) is 20.1. The monoisotopic (exact) mass is 386 g/mol. The summed E-state index contributed by atoms with van der Waals surface area (Å²) in [4.78, 5) is 23.2. The molecule has 0 aromatic carbocycles. The highest BCUT2D eigenvalue weighted by Gasteiger charge is 2.45. The average molecular weight is 386 g/mol. The number of aldehydes is 1. The fourth-order valence-corrected chi connectivity index (χ4v) is 3.82. The maximum Gasteiger partial charge on any atom is 0.186 e. The van der Waals surface area contributed by atoms with Gasteiger partial charge in [0, 0.05) is 5.92 Å². The SMILES string of the molecule is CC(=O)C1CCC(=C(C)C=O)CCCC1OC1OC(CO)C(O)C(O)C1O. The van der Waals surface area contributed by atoms with E-state index in [2.05, 4.69) is 0 Å². The minimum absolute atomic E-state index is 0.0606. The third kappa shape index (κ3) is 5.22. The summed E-state index contributed by atoms with van der Waals surface area (Å²) < 4.78 is 11.3. The zero-order valence-electron chi connectivity index (χ0n) is 15.8. The molecule has 0 aromatic rings. The van der Waals surface area contributed by atoms with E-state index in [1.165, 1.54) is 6.92 Å². The number of ether oxygens (including phenoxy) is 2. The minimum atomic E-state index is -1.52. The minimum Gasteiger partial charge on any atom is -0.394 e. The normalized spacial score (nSPS) is 40.0. The number of rotatable bonds is 5. The maximum atomic E-state index is 12.2.